The van der Waals surface area contributed by atoms with Crippen LogP contribution in [0.5, 0.6) is 11.5 Å². The van der Waals surface area contributed by atoms with Crippen LogP contribution in [0.25, 0.3) is 0 Å². The minimum Gasteiger partial charge on any atom is -0.493 e. The normalized spacial score (nSPS) is 10.4. The van der Waals surface area contributed by atoms with Crippen LogP contribution in [0.2, 0.25) is 0 Å². The average molecular weight is 456 g/mol. The minimum atomic E-state index is -0.278. The molecule has 3 rings (SSSR count). The first-order valence-electron chi connectivity index (χ1n) is 9.05. The molecule has 7 heteroatoms. The summed E-state index contributed by atoms with van der Waals surface area (Å²) in [6, 6.07) is 15.3. The fraction of sp³-hybridized carbons (Fsp3) is 0.182. The molecular formula is C22H22BrN3O3. The Bertz CT molecular complexity index is 983. The number of nitrogens with one attached hydrogen (secondary N) is 1. The maximum absolute atomic E-state index is 12.4. The molecule has 1 amide bonds. The predicted octanol–water partition coefficient (Wildman–Crippen LogP) is 4.45. The van der Waals surface area contributed by atoms with Crippen LogP contribution in [-0.4, -0.2) is 29.4 Å². The zero-order chi connectivity index (χ0) is 20.6. The smallest absolute Gasteiger partial charge is 0.263 e. The zero-order valence-electron chi connectivity index (χ0n) is 16.1. The number of nitrogens with zero attached hydrogens (tertiary/aromatic N) is 2. The second-order valence-electron chi connectivity index (χ2n) is 6.32. The van der Waals surface area contributed by atoms with Gasteiger partial charge in [0.25, 0.3) is 5.91 Å². The van der Waals surface area contributed by atoms with Crippen molar-refractivity contribution in [3.05, 3.63) is 83.0 Å². The molecule has 0 saturated carbocycles. The van der Waals surface area contributed by atoms with Gasteiger partial charge in [0.05, 0.1) is 19.9 Å². The van der Waals surface area contributed by atoms with E-state index in [-0.39, 0.29) is 12.5 Å². The van der Waals surface area contributed by atoms with Crippen LogP contribution in [0.15, 0.2) is 71.9 Å². The first kappa shape index (κ1) is 20.7. The maximum Gasteiger partial charge on any atom is 0.263 e. The Morgan fingerprint density at radius 2 is 1.93 bits per heavy atom. The lowest BCUT2D eigenvalue weighted by atomic mass is 10.1. The lowest BCUT2D eigenvalue weighted by Crippen LogP contribution is -2.22. The number of ether oxygens (including phenoxy) is 2. The van der Waals surface area contributed by atoms with Gasteiger partial charge in [-0.25, -0.2) is 4.68 Å². The van der Waals surface area contributed by atoms with Gasteiger partial charge in [0, 0.05) is 10.5 Å². The number of amides is 1. The van der Waals surface area contributed by atoms with Gasteiger partial charge in [0.2, 0.25) is 0 Å². The lowest BCUT2D eigenvalue weighted by molar-refractivity contribution is -0.118. The lowest BCUT2D eigenvalue weighted by Gasteiger charge is -2.13. The van der Waals surface area contributed by atoms with E-state index < -0.39 is 0 Å². The highest BCUT2D eigenvalue weighted by Crippen LogP contribution is 2.28. The topological polar surface area (TPSA) is 65.4 Å². The van der Waals surface area contributed by atoms with E-state index in [1.54, 1.807) is 30.1 Å². The molecule has 0 radical (unpaired) electrons. The number of halogens is 1. The number of benzene rings is 2. The predicted molar refractivity (Wildman–Crippen MR) is 116 cm³/mol. The molecule has 2 aromatic carbocycles. The third-order valence-electron chi connectivity index (χ3n) is 4.20. The molecule has 29 heavy (non-hydrogen) atoms. The van der Waals surface area contributed by atoms with Crippen LogP contribution < -0.4 is 14.8 Å². The van der Waals surface area contributed by atoms with E-state index in [0.717, 1.165) is 22.0 Å². The van der Waals surface area contributed by atoms with Crippen molar-refractivity contribution < 1.29 is 14.3 Å². The van der Waals surface area contributed by atoms with E-state index in [1.165, 1.54) is 0 Å². The molecule has 0 aliphatic rings. The van der Waals surface area contributed by atoms with Crippen molar-refractivity contribution in [2.75, 3.05) is 19.0 Å². The van der Waals surface area contributed by atoms with Crippen LogP contribution in [0.4, 0.5) is 5.82 Å². The highest BCUT2D eigenvalue weighted by atomic mass is 79.9. The van der Waals surface area contributed by atoms with Crippen molar-refractivity contribution >= 4 is 27.7 Å². The van der Waals surface area contributed by atoms with Gasteiger partial charge in [-0.3, -0.25) is 4.79 Å². The number of hydrogen-bond acceptors (Lipinski definition) is 4. The Balaban J connectivity index is 1.60. The molecule has 0 aliphatic carbocycles. The Morgan fingerprint density at radius 1 is 1.17 bits per heavy atom. The molecule has 0 spiro atoms. The van der Waals surface area contributed by atoms with Crippen LogP contribution in [0.1, 0.15) is 11.1 Å². The molecule has 0 saturated heterocycles. The van der Waals surface area contributed by atoms with Gasteiger partial charge in [-0.15, -0.1) is 6.58 Å². The van der Waals surface area contributed by atoms with Crippen LogP contribution in [0.3, 0.4) is 0 Å². The number of carbonyl (C=O) groups excluding carboxylic acids is 1. The maximum atomic E-state index is 12.4. The highest BCUT2D eigenvalue weighted by Gasteiger charge is 2.11. The summed E-state index contributed by atoms with van der Waals surface area (Å²) < 4.78 is 13.7. The Labute approximate surface area is 178 Å². The SMILES string of the molecule is C=CCc1ccc(OCC(=O)Nc2ccnn2Cc2ccc(Br)cc2)c(OC)c1. The first-order valence-corrected chi connectivity index (χ1v) is 9.85. The number of allylic oxidation sites excluding steroid dienone is 1. The largest absolute Gasteiger partial charge is 0.493 e. The second-order valence-corrected chi connectivity index (χ2v) is 7.23. The fourth-order valence-electron chi connectivity index (χ4n) is 2.77. The van der Waals surface area contributed by atoms with Crippen LogP contribution >= 0.6 is 15.9 Å². The molecule has 0 aliphatic heterocycles. The molecule has 150 valence electrons. The molecule has 0 unspecified atom stereocenters. The summed E-state index contributed by atoms with van der Waals surface area (Å²) in [5.41, 5.74) is 2.14. The number of hydrogen-bond donors (Lipinski definition) is 1. The van der Waals surface area contributed by atoms with Crippen molar-refractivity contribution in [2.24, 2.45) is 0 Å². The summed E-state index contributed by atoms with van der Waals surface area (Å²) in [6.07, 6.45) is 4.20. The molecular weight excluding hydrogens is 434 g/mol. The third kappa shape index (κ3) is 5.71. The van der Waals surface area contributed by atoms with Gasteiger partial charge in [0.15, 0.2) is 18.1 Å². The van der Waals surface area contributed by atoms with Crippen molar-refractivity contribution in [1.29, 1.82) is 0 Å². The van der Waals surface area contributed by atoms with Crippen molar-refractivity contribution in [3.63, 3.8) is 0 Å². The van der Waals surface area contributed by atoms with Crippen LogP contribution in [0, 0.1) is 0 Å². The molecule has 0 bridgehead atoms. The quantitative estimate of drug-likeness (QED) is 0.484. The molecule has 3 aromatic rings. The Morgan fingerprint density at radius 3 is 2.66 bits per heavy atom. The summed E-state index contributed by atoms with van der Waals surface area (Å²) in [5, 5.41) is 7.12. The zero-order valence-corrected chi connectivity index (χ0v) is 17.7. The van der Waals surface area contributed by atoms with Gasteiger partial charge < -0.3 is 14.8 Å². The Hall–Kier alpha value is -3.06. The van der Waals surface area contributed by atoms with Crippen molar-refractivity contribution in [2.45, 2.75) is 13.0 Å². The molecule has 1 aromatic heterocycles. The number of carbonyl (C=O) groups is 1. The van der Waals surface area contributed by atoms with Gasteiger partial charge in [-0.2, -0.15) is 5.10 Å². The molecule has 1 heterocycles. The minimum absolute atomic E-state index is 0.138. The van der Waals surface area contributed by atoms with Gasteiger partial charge >= 0.3 is 0 Å². The van der Waals surface area contributed by atoms with Crippen molar-refractivity contribution in [1.82, 2.24) is 9.78 Å². The number of aromatic nitrogens is 2. The van der Waals surface area contributed by atoms with Crippen molar-refractivity contribution in [3.8, 4) is 11.5 Å². The Kier molecular flexibility index (Phi) is 7.08. The monoisotopic (exact) mass is 455 g/mol. The molecule has 0 fully saturated rings. The number of anilines is 1. The highest BCUT2D eigenvalue weighted by molar-refractivity contribution is 9.10. The van der Waals surface area contributed by atoms with E-state index in [9.17, 15) is 4.79 Å². The van der Waals surface area contributed by atoms with Crippen LogP contribution in [-0.2, 0) is 17.8 Å². The fourth-order valence-corrected chi connectivity index (χ4v) is 3.04. The number of rotatable bonds is 9. The van der Waals surface area contributed by atoms with Gasteiger partial charge in [0.1, 0.15) is 5.82 Å². The van der Waals surface area contributed by atoms with E-state index in [4.69, 9.17) is 9.47 Å². The second kappa shape index (κ2) is 9.93. The molecule has 6 nitrogen and oxygen atoms in total. The van der Waals surface area contributed by atoms with E-state index in [1.807, 2.05) is 42.5 Å². The summed E-state index contributed by atoms with van der Waals surface area (Å²) in [7, 11) is 1.57. The number of methoxy groups -OCH3 is 1. The standard InChI is InChI=1S/C22H22BrN3O3/c1-3-4-16-7-10-19(20(13-16)28-2)29-15-22(27)25-21-11-12-24-26(21)14-17-5-8-18(23)9-6-17/h3,5-13H,1,4,14-15H2,2H3,(H,25,27). The van der Waals surface area contributed by atoms with E-state index >= 15 is 0 Å². The summed E-state index contributed by atoms with van der Waals surface area (Å²) in [5.74, 6) is 1.42. The average Bonchev–Trinajstić information content (AvgIpc) is 3.15. The molecule has 0 atom stereocenters. The van der Waals surface area contributed by atoms with Gasteiger partial charge in [-0.05, 0) is 41.8 Å². The van der Waals surface area contributed by atoms with E-state index in [2.05, 4.69) is 32.9 Å². The summed E-state index contributed by atoms with van der Waals surface area (Å²) in [6.45, 7) is 4.14. The molecule has 1 N–H and O–H groups in total. The third-order valence-corrected chi connectivity index (χ3v) is 4.73. The summed E-state index contributed by atoms with van der Waals surface area (Å²) >= 11 is 3.42. The first-order chi connectivity index (χ1) is 14.1. The van der Waals surface area contributed by atoms with Gasteiger partial charge in [-0.1, -0.05) is 40.2 Å². The summed E-state index contributed by atoms with van der Waals surface area (Å²) in [4.78, 5) is 12.4. The van der Waals surface area contributed by atoms with E-state index in [0.29, 0.717) is 23.9 Å².